The largest absolute Gasteiger partial charge is 0.461 e. The maximum atomic E-state index is 11.5. The molecule has 0 aliphatic carbocycles. The lowest BCUT2D eigenvalue weighted by atomic mass is 10.5. The first-order chi connectivity index (χ1) is 6.07. The van der Waals surface area contributed by atoms with Gasteiger partial charge >= 0.3 is 11.9 Å². The Balaban J connectivity index is 3.65. The van der Waals surface area contributed by atoms with E-state index >= 15 is 0 Å². The van der Waals surface area contributed by atoms with E-state index in [1.54, 1.807) is 0 Å². The van der Waals surface area contributed by atoms with E-state index in [1.165, 1.54) is 0 Å². The Hall–Kier alpha value is -1.46. The highest BCUT2D eigenvalue weighted by molar-refractivity contribution is 6.29. The summed E-state index contributed by atoms with van der Waals surface area (Å²) in [6, 6.07) is 0. The third-order valence-corrected chi connectivity index (χ3v) is 0.944. The fourth-order valence-electron chi connectivity index (χ4n) is 0.424. The minimum absolute atomic E-state index is 0.377. The molecule has 0 atom stereocenters. The first-order valence-electron chi connectivity index (χ1n) is 3.27. The Bertz CT molecular complexity index is 213. The van der Waals surface area contributed by atoms with Crippen molar-refractivity contribution in [2.45, 2.75) is 6.43 Å². The van der Waals surface area contributed by atoms with Gasteiger partial charge in [-0.3, -0.25) is 0 Å². The Labute approximate surface area is 73.1 Å². The minimum Gasteiger partial charge on any atom is -0.461 e. The molecule has 0 saturated carbocycles. The lowest BCUT2D eigenvalue weighted by Crippen LogP contribution is -2.18. The van der Waals surface area contributed by atoms with E-state index in [1.807, 2.05) is 0 Å². The summed E-state index contributed by atoms with van der Waals surface area (Å²) in [4.78, 5) is 20.9. The fraction of sp³-hybridized carbons (Fsp3) is 0.429. The first kappa shape index (κ1) is 11.5. The van der Waals surface area contributed by atoms with Crippen LogP contribution in [0.5, 0.6) is 0 Å². The lowest BCUT2D eigenvalue weighted by Gasteiger charge is -1.98. The number of esters is 2. The molecule has 0 unspecified atom stereocenters. The summed E-state index contributed by atoms with van der Waals surface area (Å²) >= 11 is 0. The average Bonchev–Trinajstić information content (AvgIpc) is 2.10. The molecule has 13 heavy (non-hydrogen) atoms. The number of methoxy groups -OCH3 is 1. The average molecular weight is 194 g/mol. The number of carbonyl (C=O) groups excluding carboxylic acids is 2. The van der Waals surface area contributed by atoms with E-state index in [9.17, 15) is 18.4 Å². The monoisotopic (exact) mass is 194 g/mol. The van der Waals surface area contributed by atoms with E-state index in [-0.39, 0.29) is 6.61 Å². The van der Waals surface area contributed by atoms with Crippen molar-refractivity contribution in [1.29, 1.82) is 0 Å². The molecule has 0 bridgehead atoms. The molecule has 0 amide bonds. The zero-order valence-corrected chi connectivity index (χ0v) is 6.83. The molecule has 74 valence electrons. The van der Waals surface area contributed by atoms with Crippen molar-refractivity contribution < 1.29 is 27.8 Å². The molecule has 0 aliphatic heterocycles. The second-order valence-electron chi connectivity index (χ2n) is 1.85. The maximum absolute atomic E-state index is 11.5. The Morgan fingerprint density at radius 1 is 1.38 bits per heavy atom. The number of carbonyl (C=O) groups is 2. The minimum atomic E-state index is -2.60. The Morgan fingerprint density at radius 2 is 2.00 bits per heavy atom. The van der Waals surface area contributed by atoms with Crippen molar-refractivity contribution in [3.05, 3.63) is 12.2 Å². The van der Waals surface area contributed by atoms with E-state index in [2.05, 4.69) is 9.47 Å². The van der Waals surface area contributed by atoms with Crippen molar-refractivity contribution in [1.82, 2.24) is 0 Å². The molecule has 0 rings (SSSR count). The molecule has 0 aromatic heterocycles. The van der Waals surface area contributed by atoms with Crippen molar-refractivity contribution in [2.24, 2.45) is 0 Å². The van der Waals surface area contributed by atoms with Gasteiger partial charge in [0.05, 0.1) is 7.11 Å². The molecule has 0 radical (unpaired) electrons. The zero-order valence-electron chi connectivity index (χ0n) is 6.83. The van der Waals surface area contributed by atoms with Gasteiger partial charge in [-0.1, -0.05) is 0 Å². The number of hydrogen-bond acceptors (Lipinski definition) is 4. The van der Waals surface area contributed by atoms with Crippen molar-refractivity contribution in [2.75, 3.05) is 13.7 Å². The summed E-state index contributed by atoms with van der Waals surface area (Å²) in [6.07, 6.45) is -1.12. The van der Waals surface area contributed by atoms with Gasteiger partial charge in [0.25, 0.3) is 6.43 Å². The van der Waals surface area contributed by atoms with Crippen LogP contribution in [0.4, 0.5) is 8.78 Å². The van der Waals surface area contributed by atoms with Gasteiger partial charge in [0.2, 0.25) is 0 Å². The standard InChI is InChI=1S/C7H8F2O4/c1-12-6(10)7(11)13-4-2-3-5(8)9/h2-3,5H,4H2,1H3. The highest BCUT2D eigenvalue weighted by Crippen LogP contribution is 1.93. The number of ether oxygens (including phenoxy) is 2. The smallest absolute Gasteiger partial charge is 0.417 e. The predicted molar refractivity (Wildman–Crippen MR) is 38.1 cm³/mol. The number of halogens is 2. The summed E-state index contributed by atoms with van der Waals surface area (Å²) in [5.74, 6) is -2.37. The number of allylic oxidation sites excluding steroid dienone is 1. The number of alkyl halides is 2. The van der Waals surface area contributed by atoms with Gasteiger partial charge in [-0.25, -0.2) is 18.4 Å². The molecule has 4 nitrogen and oxygen atoms in total. The second-order valence-corrected chi connectivity index (χ2v) is 1.85. The van der Waals surface area contributed by atoms with Gasteiger partial charge in [0, 0.05) is 0 Å². The summed E-state index contributed by atoms with van der Waals surface area (Å²) in [5, 5.41) is 0. The van der Waals surface area contributed by atoms with Crippen LogP contribution in [0.3, 0.4) is 0 Å². The van der Waals surface area contributed by atoms with Crippen LogP contribution in [-0.2, 0) is 19.1 Å². The molecule has 0 N–H and O–H groups in total. The van der Waals surface area contributed by atoms with Crippen molar-refractivity contribution in [3.8, 4) is 0 Å². The van der Waals surface area contributed by atoms with Gasteiger partial charge in [0.1, 0.15) is 6.61 Å². The topological polar surface area (TPSA) is 52.6 Å². The van der Waals surface area contributed by atoms with Gasteiger partial charge in [0.15, 0.2) is 0 Å². The fourth-order valence-corrected chi connectivity index (χ4v) is 0.424. The summed E-state index contributed by atoms with van der Waals surface area (Å²) in [6.45, 7) is -0.377. The molecule has 0 saturated heterocycles. The third-order valence-electron chi connectivity index (χ3n) is 0.944. The van der Waals surface area contributed by atoms with E-state index in [4.69, 9.17) is 0 Å². The van der Waals surface area contributed by atoms with Crippen LogP contribution >= 0.6 is 0 Å². The van der Waals surface area contributed by atoms with E-state index in [0.29, 0.717) is 6.08 Å². The van der Waals surface area contributed by atoms with Crippen molar-refractivity contribution >= 4 is 11.9 Å². The molecule has 0 aromatic rings. The molecule has 0 aliphatic rings. The number of rotatable bonds is 3. The summed E-state index contributed by atoms with van der Waals surface area (Å²) in [5.41, 5.74) is 0. The van der Waals surface area contributed by atoms with Crippen LogP contribution in [0.2, 0.25) is 0 Å². The molecule has 0 fully saturated rings. The quantitative estimate of drug-likeness (QED) is 0.373. The van der Waals surface area contributed by atoms with Gasteiger partial charge in [-0.2, -0.15) is 0 Å². The Kier molecular flexibility index (Phi) is 5.42. The molecule has 6 heteroatoms. The van der Waals surface area contributed by atoms with Gasteiger partial charge in [-0.15, -0.1) is 0 Å². The van der Waals surface area contributed by atoms with Gasteiger partial charge in [-0.05, 0) is 12.2 Å². The van der Waals surface area contributed by atoms with Crippen LogP contribution in [-0.4, -0.2) is 32.1 Å². The van der Waals surface area contributed by atoms with Crippen LogP contribution in [0.25, 0.3) is 0 Å². The highest BCUT2D eigenvalue weighted by atomic mass is 19.3. The van der Waals surface area contributed by atoms with Crippen LogP contribution in [0.1, 0.15) is 0 Å². The van der Waals surface area contributed by atoms with Crippen LogP contribution in [0.15, 0.2) is 12.2 Å². The SMILES string of the molecule is COC(=O)C(=O)OCC=CC(F)F. The van der Waals surface area contributed by atoms with E-state index in [0.717, 1.165) is 13.2 Å². The first-order valence-corrected chi connectivity index (χ1v) is 3.27. The maximum Gasteiger partial charge on any atom is 0.417 e. The van der Waals surface area contributed by atoms with Crippen LogP contribution < -0.4 is 0 Å². The van der Waals surface area contributed by atoms with E-state index < -0.39 is 18.4 Å². The number of hydrogen-bond donors (Lipinski definition) is 0. The molecular formula is C7H8F2O4. The zero-order chi connectivity index (χ0) is 10.3. The molecule has 0 heterocycles. The Morgan fingerprint density at radius 3 is 2.46 bits per heavy atom. The van der Waals surface area contributed by atoms with Crippen molar-refractivity contribution in [3.63, 3.8) is 0 Å². The molecule has 0 aromatic carbocycles. The summed E-state index contributed by atoms with van der Waals surface area (Å²) in [7, 11) is 1.01. The molecular weight excluding hydrogens is 186 g/mol. The lowest BCUT2D eigenvalue weighted by molar-refractivity contribution is -0.165. The predicted octanol–water partition coefficient (Wildman–Crippen LogP) is 0.524. The third kappa shape index (κ3) is 5.77. The van der Waals surface area contributed by atoms with Gasteiger partial charge < -0.3 is 9.47 Å². The summed E-state index contributed by atoms with van der Waals surface area (Å²) < 4.78 is 31.1. The molecule has 0 spiro atoms. The highest BCUT2D eigenvalue weighted by Gasteiger charge is 2.14. The second kappa shape index (κ2) is 6.10. The van der Waals surface area contributed by atoms with Crippen LogP contribution in [0, 0.1) is 0 Å². The normalized spacial score (nSPS) is 10.5.